The third-order valence-corrected chi connectivity index (χ3v) is 13.7. The molecular weight excluding hydrogens is 875 g/mol. The minimum atomic E-state index is -1.38. The highest BCUT2D eigenvalue weighted by Gasteiger charge is 2.65. The van der Waals surface area contributed by atoms with Crippen LogP contribution >= 0.6 is 0 Å². The van der Waals surface area contributed by atoms with Gasteiger partial charge in [-0.15, -0.1) is 0 Å². The van der Waals surface area contributed by atoms with E-state index in [0.717, 1.165) is 37.7 Å². The molecule has 1 aromatic rings. The van der Waals surface area contributed by atoms with Gasteiger partial charge in [0.1, 0.15) is 17.4 Å². The quantitative estimate of drug-likeness (QED) is 0.0710. The van der Waals surface area contributed by atoms with E-state index in [4.69, 9.17) is 4.74 Å². The van der Waals surface area contributed by atoms with Crippen LogP contribution in [0.15, 0.2) is 30.3 Å². The van der Waals surface area contributed by atoms with Gasteiger partial charge in [0.25, 0.3) is 0 Å². The van der Waals surface area contributed by atoms with Gasteiger partial charge in [0.15, 0.2) is 5.78 Å². The summed E-state index contributed by atoms with van der Waals surface area (Å²) in [6.07, 6.45) is 6.37. The Morgan fingerprint density at radius 2 is 1.48 bits per heavy atom. The van der Waals surface area contributed by atoms with E-state index in [1.807, 2.05) is 97.5 Å². The van der Waals surface area contributed by atoms with Crippen molar-refractivity contribution in [3.63, 3.8) is 0 Å². The molecule has 1 saturated carbocycles. The molecule has 0 unspecified atom stereocenters. The molecule has 1 heterocycles. The van der Waals surface area contributed by atoms with Gasteiger partial charge in [-0.1, -0.05) is 85.2 Å². The number of hydrogen-bond acceptors (Lipinski definition) is 10. The molecule has 1 aromatic carbocycles. The first-order valence-corrected chi connectivity index (χ1v) is 26.0. The number of ether oxygens (including phenoxy) is 1. The highest BCUT2D eigenvalue weighted by atomic mass is 16.5. The van der Waals surface area contributed by atoms with Gasteiger partial charge in [-0.3, -0.25) is 33.6 Å². The summed E-state index contributed by atoms with van der Waals surface area (Å²) < 4.78 is 6.18. The molecule has 69 heavy (non-hydrogen) atoms. The minimum absolute atomic E-state index is 0.0180. The molecule has 7 atom stereocenters. The smallest absolute Gasteiger partial charge is 0.249 e. The summed E-state index contributed by atoms with van der Waals surface area (Å²) in [5.41, 5.74) is -1.06. The lowest BCUT2D eigenvalue weighted by Gasteiger charge is -2.39. The van der Waals surface area contributed by atoms with E-state index in [0.29, 0.717) is 45.3 Å². The first-order chi connectivity index (χ1) is 32.5. The Labute approximate surface area is 415 Å². The molecular formula is C54H91N7O8. The molecule has 3 rings (SSSR count). The van der Waals surface area contributed by atoms with Crippen LogP contribution in [0.2, 0.25) is 0 Å². The zero-order valence-corrected chi connectivity index (χ0v) is 44.7. The molecule has 0 spiro atoms. The molecule has 15 nitrogen and oxygen atoms in total. The fourth-order valence-corrected chi connectivity index (χ4v) is 9.89. The van der Waals surface area contributed by atoms with Gasteiger partial charge in [0.2, 0.25) is 29.5 Å². The summed E-state index contributed by atoms with van der Waals surface area (Å²) in [6.45, 7) is 21.4. The van der Waals surface area contributed by atoms with Crippen molar-refractivity contribution in [2.24, 2.45) is 35.5 Å². The Balaban J connectivity index is 2.02. The van der Waals surface area contributed by atoms with Gasteiger partial charge in [0.05, 0.1) is 36.8 Å². The molecule has 1 aliphatic heterocycles. The molecule has 2 fully saturated rings. The Kier molecular flexibility index (Phi) is 24.0. The van der Waals surface area contributed by atoms with Crippen LogP contribution in [0.3, 0.4) is 0 Å². The monoisotopic (exact) mass is 966 g/mol. The van der Waals surface area contributed by atoms with Crippen LogP contribution in [-0.4, -0.2) is 146 Å². The van der Waals surface area contributed by atoms with Crippen LogP contribution in [0.1, 0.15) is 139 Å². The van der Waals surface area contributed by atoms with Gasteiger partial charge in [0, 0.05) is 59.5 Å². The maximum Gasteiger partial charge on any atom is 0.249 e. The third-order valence-electron chi connectivity index (χ3n) is 13.7. The fourth-order valence-electron chi connectivity index (χ4n) is 9.89. The molecule has 4 N–H and O–H groups in total. The molecule has 0 aromatic heterocycles. The largest absolute Gasteiger partial charge is 0.373 e. The van der Waals surface area contributed by atoms with Crippen molar-refractivity contribution in [1.29, 1.82) is 0 Å². The third kappa shape index (κ3) is 18.2. The summed E-state index contributed by atoms with van der Waals surface area (Å²) >= 11 is 0. The van der Waals surface area contributed by atoms with E-state index in [-0.39, 0.29) is 79.6 Å². The predicted molar refractivity (Wildman–Crippen MR) is 272 cm³/mol. The van der Waals surface area contributed by atoms with E-state index in [2.05, 4.69) is 28.2 Å². The average Bonchev–Trinajstić information content (AvgIpc) is 4.02. The Morgan fingerprint density at radius 1 is 0.841 bits per heavy atom. The van der Waals surface area contributed by atoms with Crippen molar-refractivity contribution in [2.75, 3.05) is 60.5 Å². The number of Topliss-reactive ketones (excluding diaryl/α,β-unsaturated/α-hetero) is 2. The van der Waals surface area contributed by atoms with Crippen LogP contribution in [0, 0.1) is 35.5 Å². The zero-order chi connectivity index (χ0) is 51.6. The number of carbonyl (C=O) groups is 7. The molecule has 0 bridgehead atoms. The van der Waals surface area contributed by atoms with Gasteiger partial charge in [-0.2, -0.15) is 0 Å². The van der Waals surface area contributed by atoms with Crippen LogP contribution in [0.5, 0.6) is 0 Å². The van der Waals surface area contributed by atoms with Crippen LogP contribution in [0.4, 0.5) is 0 Å². The zero-order valence-electron chi connectivity index (χ0n) is 44.7. The first kappa shape index (κ1) is 59.1. The highest BCUT2D eigenvalue weighted by molar-refractivity contribution is 6.00. The predicted octanol–water partition coefficient (Wildman–Crippen LogP) is 5.58. The van der Waals surface area contributed by atoms with Gasteiger partial charge >= 0.3 is 0 Å². The number of unbranched alkanes of at least 4 members (excludes halogenated alkanes) is 1. The van der Waals surface area contributed by atoms with Crippen molar-refractivity contribution < 1.29 is 38.3 Å². The number of rotatable bonds is 30. The number of nitrogens with zero attached hydrogens (tertiary/aromatic N) is 3. The lowest BCUT2D eigenvalue weighted by atomic mass is 9.89. The van der Waals surface area contributed by atoms with E-state index in [9.17, 15) is 24.0 Å². The lowest BCUT2D eigenvalue weighted by Crippen LogP contribution is -2.61. The summed E-state index contributed by atoms with van der Waals surface area (Å²) in [6, 6.07) is 7.07. The summed E-state index contributed by atoms with van der Waals surface area (Å²) in [4.78, 5) is 105. The lowest BCUT2D eigenvalue weighted by molar-refractivity contribution is -0.153. The van der Waals surface area contributed by atoms with Gasteiger partial charge in [-0.25, -0.2) is 0 Å². The number of ketones is 2. The van der Waals surface area contributed by atoms with E-state index >= 15 is 9.59 Å². The number of benzene rings is 1. The first-order valence-electron chi connectivity index (χ1n) is 26.0. The van der Waals surface area contributed by atoms with Crippen LogP contribution in [-0.2, 0) is 44.7 Å². The summed E-state index contributed by atoms with van der Waals surface area (Å²) in [5.74, 6) is -3.88. The van der Waals surface area contributed by atoms with Gasteiger partial charge in [-0.05, 0) is 108 Å². The number of hydrogen-bond donors (Lipinski definition) is 4. The molecule has 2 aliphatic rings. The Morgan fingerprint density at radius 3 is 2.04 bits per heavy atom. The normalized spacial score (nSPS) is 19.4. The number of likely N-dealkylation sites (tertiary alicyclic amines) is 1. The fraction of sp³-hybridized carbons (Fsp3) is 0.759. The van der Waals surface area contributed by atoms with E-state index in [1.165, 1.54) is 9.80 Å². The number of nitrogens with one attached hydrogen (secondary N) is 4. The van der Waals surface area contributed by atoms with Crippen LogP contribution < -0.4 is 21.3 Å². The Hall–Kier alpha value is -4.21. The standard InChI is InChI=1S/C54H91N7O8/c1-14-15-24-56-34-43(62)30-40(27-36(2)3)48(64)58-45(35-69-53(8,9)10)51(67)60(13)54(32-42(54)29-39-22-18-16-19-23-39)52(68)59(12)47(38(6)7)46(63)31-41(50(66)61-25-20-17-21-26-61)33-57-44(28-37(4)5)49(65)55-11/h16,18-19,22-23,36-38,40-42,44-45,47,56-57H,14-15,17,20-21,24-35H2,1-13H3,(H,55,65)(H,58,64)/t40-,41+,42-,44-,45+,47+,54+/m1/s1. The van der Waals surface area contributed by atoms with E-state index in [1.54, 1.807) is 21.1 Å². The molecule has 390 valence electrons. The van der Waals surface area contributed by atoms with Crippen molar-refractivity contribution in [2.45, 2.75) is 169 Å². The number of carbonyl (C=O) groups excluding carboxylic acids is 7. The second kappa shape index (κ2) is 28.0. The Bertz CT molecular complexity index is 1830. The van der Waals surface area contributed by atoms with Crippen molar-refractivity contribution >= 4 is 41.1 Å². The second-order valence-electron chi connectivity index (χ2n) is 22.1. The van der Waals surface area contributed by atoms with E-state index < -0.39 is 58.8 Å². The number of likely N-dealkylation sites (N-methyl/N-ethyl adjacent to an activating group) is 3. The molecule has 1 aliphatic carbocycles. The maximum atomic E-state index is 15.4. The molecule has 0 radical (unpaired) electrons. The van der Waals surface area contributed by atoms with Crippen molar-refractivity contribution in [3.05, 3.63) is 35.9 Å². The number of piperidine rings is 1. The number of amides is 5. The molecule has 5 amide bonds. The molecule has 15 heteroatoms. The SMILES string of the molecule is CCCCNCC(=O)C[C@@H](CC(C)C)C(=O)N[C@@H](COC(C)(C)C)C(=O)N(C)[C@@]1(C(=O)N(C)[C@H](C(=O)C[C@@H](CN[C@H](CC(C)C)C(=O)NC)C(=O)N2CCCCC2)C(C)C)C[C@H]1Cc1ccccc1. The summed E-state index contributed by atoms with van der Waals surface area (Å²) in [7, 11) is 4.79. The highest BCUT2D eigenvalue weighted by Crippen LogP contribution is 2.52. The minimum Gasteiger partial charge on any atom is -0.373 e. The van der Waals surface area contributed by atoms with Gasteiger partial charge < -0.3 is 40.7 Å². The van der Waals surface area contributed by atoms with Crippen LogP contribution in [0.25, 0.3) is 0 Å². The summed E-state index contributed by atoms with van der Waals surface area (Å²) in [5, 5.41) is 12.2. The maximum absolute atomic E-state index is 15.4. The average molecular weight is 966 g/mol. The van der Waals surface area contributed by atoms with Crippen molar-refractivity contribution in [1.82, 2.24) is 36.0 Å². The topological polar surface area (TPSA) is 187 Å². The van der Waals surface area contributed by atoms with Crippen molar-refractivity contribution in [3.8, 4) is 0 Å². The molecule has 1 saturated heterocycles. The second-order valence-corrected chi connectivity index (χ2v) is 22.1.